The third-order valence-electron chi connectivity index (χ3n) is 3.80. The molecule has 0 unspecified atom stereocenters. The van der Waals surface area contributed by atoms with E-state index in [1.807, 2.05) is 7.05 Å². The molecule has 8 heteroatoms. The molecule has 1 aromatic rings. The van der Waals surface area contributed by atoms with E-state index in [0.717, 1.165) is 13.1 Å². The van der Waals surface area contributed by atoms with Crippen molar-refractivity contribution >= 4 is 17.7 Å². The van der Waals surface area contributed by atoms with E-state index in [-0.39, 0.29) is 29.9 Å². The highest BCUT2D eigenvalue weighted by Crippen LogP contribution is 2.24. The number of ether oxygens (including phenoxy) is 2. The molecule has 1 heterocycles. The second-order valence-corrected chi connectivity index (χ2v) is 6.14. The van der Waals surface area contributed by atoms with E-state index in [9.17, 15) is 9.59 Å². The van der Waals surface area contributed by atoms with Gasteiger partial charge in [0.2, 0.25) is 0 Å². The summed E-state index contributed by atoms with van der Waals surface area (Å²) < 4.78 is 11.3. The smallest absolute Gasteiger partial charge is 0.414 e. The first kappa shape index (κ1) is 20.7. The number of benzene rings is 1. The Hall–Kier alpha value is -1.39. The van der Waals surface area contributed by atoms with Gasteiger partial charge in [0.15, 0.2) is 12.3 Å². The van der Waals surface area contributed by atoms with Crippen LogP contribution < -0.4 is 34.0 Å². The fourth-order valence-corrected chi connectivity index (χ4v) is 2.32. The largest absolute Gasteiger partial charge is 1.00 e. The van der Waals surface area contributed by atoms with Crippen molar-refractivity contribution in [3.8, 4) is 5.75 Å². The van der Waals surface area contributed by atoms with Crippen LogP contribution in [-0.2, 0) is 9.53 Å². The number of carbonyl (C=O) groups is 2. The second kappa shape index (κ2) is 9.19. The van der Waals surface area contributed by atoms with Gasteiger partial charge in [0.25, 0.3) is 5.91 Å². The van der Waals surface area contributed by atoms with Crippen LogP contribution in [0.15, 0.2) is 24.3 Å². The predicted octanol–water partition coefficient (Wildman–Crippen LogP) is -1.83. The standard InChI is InChI=1S/C16H23N3O4.HI/c1-18(2)16(21)23-14-7-5-4-6-13(14)17-15(20)12-19(3)8-10-22-11-9-19;/h4-7H,8-12H2,1-3H3;1H. The van der Waals surface area contributed by atoms with Crippen molar-refractivity contribution in [1.82, 2.24) is 4.90 Å². The summed E-state index contributed by atoms with van der Waals surface area (Å²) in [5.41, 5.74) is 0.493. The summed E-state index contributed by atoms with van der Waals surface area (Å²) in [5, 5.41) is 2.84. The quantitative estimate of drug-likeness (QED) is 0.434. The molecule has 0 bridgehead atoms. The SMILES string of the molecule is CN(C)C(=O)Oc1ccccc1NC(=O)C[N+]1(C)CCOCC1.[I-]. The molecule has 1 N–H and O–H groups in total. The minimum atomic E-state index is -0.487. The molecule has 0 spiro atoms. The van der Waals surface area contributed by atoms with E-state index < -0.39 is 6.09 Å². The number of amides is 2. The van der Waals surface area contributed by atoms with Gasteiger partial charge in [0.05, 0.1) is 25.9 Å². The molecule has 134 valence electrons. The van der Waals surface area contributed by atoms with Gasteiger partial charge < -0.3 is 48.2 Å². The first-order valence-corrected chi connectivity index (χ1v) is 7.59. The van der Waals surface area contributed by atoms with E-state index in [1.165, 1.54) is 4.90 Å². The number of anilines is 1. The summed E-state index contributed by atoms with van der Waals surface area (Å²) in [7, 11) is 5.25. The lowest BCUT2D eigenvalue weighted by molar-refractivity contribution is -0.909. The molecule has 1 aliphatic rings. The van der Waals surface area contributed by atoms with Crippen LogP contribution in [0, 0.1) is 0 Å². The van der Waals surface area contributed by atoms with E-state index in [1.54, 1.807) is 38.4 Å². The Morgan fingerprint density at radius 1 is 1.25 bits per heavy atom. The molecule has 7 nitrogen and oxygen atoms in total. The highest BCUT2D eigenvalue weighted by atomic mass is 127. The van der Waals surface area contributed by atoms with Crippen LogP contribution in [0.3, 0.4) is 0 Å². The lowest BCUT2D eigenvalue weighted by Crippen LogP contribution is -3.00. The molecule has 0 aliphatic carbocycles. The summed E-state index contributed by atoms with van der Waals surface area (Å²) in [6, 6.07) is 6.91. The van der Waals surface area contributed by atoms with Crippen molar-refractivity contribution in [3.63, 3.8) is 0 Å². The maximum Gasteiger partial charge on any atom is 0.414 e. The van der Waals surface area contributed by atoms with Crippen LogP contribution >= 0.6 is 0 Å². The number of carbonyl (C=O) groups excluding carboxylic acids is 2. The van der Waals surface area contributed by atoms with Gasteiger partial charge in [0, 0.05) is 14.1 Å². The number of likely N-dealkylation sites (N-methyl/N-ethyl adjacent to an activating group) is 1. The van der Waals surface area contributed by atoms with Crippen molar-refractivity contribution in [2.45, 2.75) is 0 Å². The van der Waals surface area contributed by atoms with Gasteiger partial charge in [-0.1, -0.05) is 12.1 Å². The molecule has 0 saturated carbocycles. The Morgan fingerprint density at radius 2 is 1.88 bits per heavy atom. The van der Waals surface area contributed by atoms with Crippen molar-refractivity contribution < 1.29 is 47.5 Å². The molecule has 1 saturated heterocycles. The Bertz CT molecular complexity index is 574. The molecule has 1 fully saturated rings. The number of hydrogen-bond donors (Lipinski definition) is 1. The lowest BCUT2D eigenvalue weighted by Gasteiger charge is -2.36. The van der Waals surface area contributed by atoms with Gasteiger partial charge in [-0.3, -0.25) is 4.79 Å². The number of nitrogens with one attached hydrogen (secondary N) is 1. The molecule has 1 aromatic carbocycles. The third-order valence-corrected chi connectivity index (χ3v) is 3.80. The van der Waals surface area contributed by atoms with E-state index >= 15 is 0 Å². The molecule has 1 aliphatic heterocycles. The maximum absolute atomic E-state index is 12.3. The monoisotopic (exact) mass is 449 g/mol. The van der Waals surface area contributed by atoms with Crippen LogP contribution in [0.4, 0.5) is 10.5 Å². The number of nitrogens with zero attached hydrogens (tertiary/aromatic N) is 2. The fraction of sp³-hybridized carbons (Fsp3) is 0.500. The Balaban J connectivity index is 0.00000288. The van der Waals surface area contributed by atoms with Crippen LogP contribution in [0.1, 0.15) is 0 Å². The minimum Gasteiger partial charge on any atom is -1.00 e. The van der Waals surface area contributed by atoms with Crippen molar-refractivity contribution in [1.29, 1.82) is 0 Å². The van der Waals surface area contributed by atoms with Crippen LogP contribution in [-0.4, -0.2) is 75.4 Å². The lowest BCUT2D eigenvalue weighted by atomic mass is 10.2. The molecule has 0 aromatic heterocycles. The minimum absolute atomic E-state index is 0. The Kier molecular flexibility index (Phi) is 7.91. The number of morpholine rings is 1. The van der Waals surface area contributed by atoms with Crippen LogP contribution in [0.5, 0.6) is 5.75 Å². The fourth-order valence-electron chi connectivity index (χ4n) is 2.32. The van der Waals surface area contributed by atoms with Gasteiger partial charge in [0.1, 0.15) is 13.1 Å². The highest BCUT2D eigenvalue weighted by molar-refractivity contribution is 5.93. The van der Waals surface area contributed by atoms with Crippen molar-refractivity contribution in [3.05, 3.63) is 24.3 Å². The number of rotatable bonds is 4. The summed E-state index contributed by atoms with van der Waals surface area (Å²) in [4.78, 5) is 25.4. The van der Waals surface area contributed by atoms with Gasteiger partial charge in [-0.05, 0) is 12.1 Å². The summed E-state index contributed by atoms with van der Waals surface area (Å²) in [6.07, 6.45) is -0.487. The topological polar surface area (TPSA) is 67.9 Å². The Labute approximate surface area is 159 Å². The van der Waals surface area contributed by atoms with E-state index in [0.29, 0.717) is 35.7 Å². The molecular weight excluding hydrogens is 425 g/mol. The van der Waals surface area contributed by atoms with Crippen LogP contribution in [0.2, 0.25) is 0 Å². The van der Waals surface area contributed by atoms with Gasteiger partial charge >= 0.3 is 6.09 Å². The molecular formula is C16H24IN3O4. The zero-order valence-electron chi connectivity index (χ0n) is 14.3. The zero-order chi connectivity index (χ0) is 16.9. The molecule has 2 rings (SSSR count). The normalized spacial score (nSPS) is 15.8. The molecule has 2 amide bonds. The first-order valence-electron chi connectivity index (χ1n) is 7.59. The van der Waals surface area contributed by atoms with Crippen molar-refractivity contribution in [2.24, 2.45) is 0 Å². The number of quaternary nitrogens is 1. The maximum atomic E-state index is 12.3. The highest BCUT2D eigenvalue weighted by Gasteiger charge is 2.28. The number of halogens is 1. The predicted molar refractivity (Wildman–Crippen MR) is 86.4 cm³/mol. The molecule has 0 atom stereocenters. The third kappa shape index (κ3) is 5.91. The second-order valence-electron chi connectivity index (χ2n) is 6.14. The van der Waals surface area contributed by atoms with Gasteiger partial charge in [-0.25, -0.2) is 4.79 Å². The average molecular weight is 449 g/mol. The van der Waals surface area contributed by atoms with E-state index in [2.05, 4.69) is 5.32 Å². The summed E-state index contributed by atoms with van der Waals surface area (Å²) in [6.45, 7) is 3.32. The average Bonchev–Trinajstić information content (AvgIpc) is 2.49. The Morgan fingerprint density at radius 3 is 2.50 bits per heavy atom. The van der Waals surface area contributed by atoms with Gasteiger partial charge in [-0.15, -0.1) is 0 Å². The van der Waals surface area contributed by atoms with E-state index in [4.69, 9.17) is 9.47 Å². The molecule has 24 heavy (non-hydrogen) atoms. The van der Waals surface area contributed by atoms with Gasteiger partial charge in [-0.2, -0.15) is 0 Å². The molecule has 0 radical (unpaired) electrons. The first-order chi connectivity index (χ1) is 10.9. The van der Waals surface area contributed by atoms with Crippen LogP contribution in [0.25, 0.3) is 0 Å². The summed E-state index contributed by atoms with van der Waals surface area (Å²) >= 11 is 0. The number of hydrogen-bond acceptors (Lipinski definition) is 4. The van der Waals surface area contributed by atoms with Crippen molar-refractivity contribution in [2.75, 3.05) is 59.3 Å². The zero-order valence-corrected chi connectivity index (χ0v) is 16.4. The summed E-state index contributed by atoms with van der Waals surface area (Å²) in [5.74, 6) is 0.229. The number of para-hydroxylation sites is 2.